The van der Waals surface area contributed by atoms with Crippen LogP contribution in [-0.2, 0) is 6.18 Å². The summed E-state index contributed by atoms with van der Waals surface area (Å²) in [6, 6.07) is 5.08. The Morgan fingerprint density at radius 2 is 1.97 bits per heavy atom. The quantitative estimate of drug-likeness (QED) is 0.351. The number of benzene rings is 1. The molecule has 1 aromatic heterocycles. The summed E-state index contributed by atoms with van der Waals surface area (Å²) in [6.45, 7) is 9.54. The minimum atomic E-state index is -4.38. The molecule has 1 aromatic carbocycles. The molecule has 172 valence electrons. The van der Waals surface area contributed by atoms with Gasteiger partial charge in [-0.25, -0.2) is 9.67 Å². The number of nitrogens with zero attached hydrogens (tertiary/aromatic N) is 3. The molecule has 1 unspecified atom stereocenters. The molecule has 0 aliphatic carbocycles. The summed E-state index contributed by atoms with van der Waals surface area (Å²) in [5.41, 5.74) is 6.73. The lowest BCUT2D eigenvalue weighted by Crippen LogP contribution is -2.29. The van der Waals surface area contributed by atoms with Crippen LogP contribution in [0.3, 0.4) is 0 Å². The molecule has 0 radical (unpaired) electrons. The van der Waals surface area contributed by atoms with Gasteiger partial charge < -0.3 is 11.1 Å². The minimum absolute atomic E-state index is 0.0905. The summed E-state index contributed by atoms with van der Waals surface area (Å²) in [5.74, 6) is -0.0906. The number of alkyl halides is 3. The maximum absolute atomic E-state index is 12.9. The van der Waals surface area contributed by atoms with Crippen LogP contribution in [0.15, 0.2) is 60.4 Å². The maximum Gasteiger partial charge on any atom is 0.416 e. The number of carbonyl (C=O) groups is 1. The Morgan fingerprint density at radius 3 is 2.53 bits per heavy atom. The largest absolute Gasteiger partial charge is 0.416 e. The molecule has 32 heavy (non-hydrogen) atoms. The van der Waals surface area contributed by atoms with Gasteiger partial charge in [-0.05, 0) is 43.0 Å². The van der Waals surface area contributed by atoms with Crippen LogP contribution in [0.4, 0.5) is 13.2 Å². The summed E-state index contributed by atoms with van der Waals surface area (Å²) in [4.78, 5) is 16.7. The van der Waals surface area contributed by atoms with E-state index in [1.807, 2.05) is 13.8 Å². The average molecular weight is 448 g/mol. The first-order valence-electron chi connectivity index (χ1n) is 10.2. The number of aromatic nitrogens is 2. The van der Waals surface area contributed by atoms with E-state index in [1.165, 1.54) is 29.2 Å². The summed E-state index contributed by atoms with van der Waals surface area (Å²) >= 11 is 0. The van der Waals surface area contributed by atoms with E-state index in [-0.39, 0.29) is 24.3 Å². The molecule has 2 aromatic rings. The molecule has 6 nitrogen and oxygen atoms in total. The van der Waals surface area contributed by atoms with Crippen LogP contribution in [0, 0.1) is 12.8 Å². The molecule has 0 bridgehead atoms. The highest BCUT2D eigenvalue weighted by molar-refractivity contribution is 5.96. The zero-order valence-electron chi connectivity index (χ0n) is 18.4. The van der Waals surface area contributed by atoms with Crippen molar-refractivity contribution < 1.29 is 18.0 Å². The lowest BCUT2D eigenvalue weighted by atomic mass is 9.89. The number of nitrogens with two attached hydrogens (primary N) is 1. The number of allylic oxidation sites excluding steroid dienone is 2. The normalized spacial score (nSPS) is 13.5. The van der Waals surface area contributed by atoms with E-state index >= 15 is 0 Å². The van der Waals surface area contributed by atoms with Crippen molar-refractivity contribution in [3.05, 3.63) is 77.8 Å². The van der Waals surface area contributed by atoms with E-state index in [2.05, 4.69) is 22.0 Å². The first kappa shape index (κ1) is 24.9. The summed E-state index contributed by atoms with van der Waals surface area (Å²) in [6.07, 6.45) is 2.42. The standard InChI is InChI=1S/C23H28F3N5O/c1-5-6-11-28-22(27)31-14-20(16(4)30-31)21(32)29-13-18(12-15(2)3)17-7-9-19(10-8-17)23(24,25)26/h5-11,14-15,18H,1,12-13H2,2-4H3,(H2,27,28)(H,29,32)/b11-6-. The van der Waals surface area contributed by atoms with Crippen LogP contribution in [0.1, 0.15) is 53.4 Å². The Balaban J connectivity index is 2.15. The average Bonchev–Trinajstić information content (AvgIpc) is 3.12. The van der Waals surface area contributed by atoms with Crippen molar-refractivity contribution in [2.45, 2.75) is 39.3 Å². The summed E-state index contributed by atoms with van der Waals surface area (Å²) < 4.78 is 39.9. The van der Waals surface area contributed by atoms with E-state index in [9.17, 15) is 18.0 Å². The lowest BCUT2D eigenvalue weighted by molar-refractivity contribution is -0.137. The second kappa shape index (κ2) is 10.8. The highest BCUT2D eigenvalue weighted by Crippen LogP contribution is 2.31. The zero-order valence-corrected chi connectivity index (χ0v) is 18.4. The number of carbonyl (C=O) groups excluding carboxylic acids is 1. The van der Waals surface area contributed by atoms with Gasteiger partial charge in [-0.3, -0.25) is 4.79 Å². The zero-order chi connectivity index (χ0) is 23.9. The van der Waals surface area contributed by atoms with Crippen LogP contribution < -0.4 is 11.1 Å². The number of hydrogen-bond acceptors (Lipinski definition) is 3. The van der Waals surface area contributed by atoms with Crippen molar-refractivity contribution in [3.8, 4) is 0 Å². The molecule has 1 heterocycles. The van der Waals surface area contributed by atoms with Crippen LogP contribution in [0.5, 0.6) is 0 Å². The van der Waals surface area contributed by atoms with Gasteiger partial charge in [0.15, 0.2) is 0 Å². The van der Waals surface area contributed by atoms with Crippen molar-refractivity contribution >= 4 is 11.9 Å². The smallest absolute Gasteiger partial charge is 0.368 e. The molecule has 0 fully saturated rings. The van der Waals surface area contributed by atoms with Gasteiger partial charge in [0.2, 0.25) is 5.96 Å². The van der Waals surface area contributed by atoms with E-state index in [4.69, 9.17) is 5.73 Å². The summed E-state index contributed by atoms with van der Waals surface area (Å²) in [7, 11) is 0. The number of aliphatic imine (C=N–C) groups is 1. The van der Waals surface area contributed by atoms with Gasteiger partial charge in [-0.2, -0.15) is 18.3 Å². The topological polar surface area (TPSA) is 85.3 Å². The van der Waals surface area contributed by atoms with Crippen molar-refractivity contribution in [1.29, 1.82) is 0 Å². The first-order chi connectivity index (χ1) is 15.0. The third kappa shape index (κ3) is 6.83. The Kier molecular flexibility index (Phi) is 8.40. The Hall–Kier alpha value is -3.36. The predicted octanol–water partition coefficient (Wildman–Crippen LogP) is 4.63. The first-order valence-corrected chi connectivity index (χ1v) is 10.2. The predicted molar refractivity (Wildman–Crippen MR) is 119 cm³/mol. The molecule has 0 aliphatic rings. The van der Waals surface area contributed by atoms with Gasteiger partial charge in [0.1, 0.15) is 0 Å². The third-order valence-corrected chi connectivity index (χ3v) is 4.78. The molecule has 0 saturated heterocycles. The molecule has 1 amide bonds. The van der Waals surface area contributed by atoms with Crippen LogP contribution in [0.2, 0.25) is 0 Å². The molecule has 1 atom stereocenters. The highest BCUT2D eigenvalue weighted by Gasteiger charge is 2.30. The van der Waals surface area contributed by atoms with Crippen molar-refractivity contribution in [1.82, 2.24) is 15.1 Å². The van der Waals surface area contributed by atoms with E-state index < -0.39 is 11.7 Å². The second-order valence-electron chi connectivity index (χ2n) is 7.79. The SMILES string of the molecule is C=C/C=C\N=C(/N)n1cc(C(=O)NCC(CC(C)C)c2ccc(C(F)(F)F)cc2)c(C)n1. The maximum atomic E-state index is 12.9. The van der Waals surface area contributed by atoms with E-state index in [1.54, 1.807) is 19.1 Å². The number of aryl methyl sites for hydroxylation is 1. The van der Waals surface area contributed by atoms with Crippen molar-refractivity contribution in [3.63, 3.8) is 0 Å². The van der Waals surface area contributed by atoms with Crippen molar-refractivity contribution in [2.24, 2.45) is 16.6 Å². The second-order valence-corrected chi connectivity index (χ2v) is 7.79. The van der Waals surface area contributed by atoms with E-state index in [0.717, 1.165) is 17.7 Å². The molecular formula is C23H28F3N5O. The van der Waals surface area contributed by atoms with Gasteiger partial charge in [-0.15, -0.1) is 0 Å². The van der Waals surface area contributed by atoms with E-state index in [0.29, 0.717) is 23.6 Å². The molecule has 0 aliphatic heterocycles. The molecule has 0 spiro atoms. The third-order valence-electron chi connectivity index (χ3n) is 4.78. The Morgan fingerprint density at radius 1 is 1.31 bits per heavy atom. The van der Waals surface area contributed by atoms with Gasteiger partial charge >= 0.3 is 6.18 Å². The fraction of sp³-hybridized carbons (Fsp3) is 0.348. The molecule has 2 rings (SSSR count). The highest BCUT2D eigenvalue weighted by atomic mass is 19.4. The molecule has 0 saturated carbocycles. The van der Waals surface area contributed by atoms with Crippen LogP contribution in [0.25, 0.3) is 0 Å². The number of hydrogen-bond donors (Lipinski definition) is 2. The van der Waals surface area contributed by atoms with Gasteiger partial charge in [0.25, 0.3) is 5.91 Å². The number of halogens is 3. The number of nitrogens with one attached hydrogen (secondary N) is 1. The molecular weight excluding hydrogens is 419 g/mol. The fourth-order valence-electron chi connectivity index (χ4n) is 3.20. The lowest BCUT2D eigenvalue weighted by Gasteiger charge is -2.21. The number of rotatable bonds is 8. The number of amides is 1. The van der Waals surface area contributed by atoms with Crippen molar-refractivity contribution in [2.75, 3.05) is 6.54 Å². The monoisotopic (exact) mass is 447 g/mol. The van der Waals surface area contributed by atoms with Gasteiger partial charge in [-0.1, -0.05) is 38.6 Å². The molecule has 9 heteroatoms. The van der Waals surface area contributed by atoms with Crippen LogP contribution >= 0.6 is 0 Å². The minimum Gasteiger partial charge on any atom is -0.368 e. The van der Waals surface area contributed by atoms with Crippen LogP contribution in [-0.4, -0.2) is 28.2 Å². The summed E-state index contributed by atoms with van der Waals surface area (Å²) in [5, 5.41) is 7.08. The fourth-order valence-corrected chi connectivity index (χ4v) is 3.20. The molecule has 3 N–H and O–H groups in total. The van der Waals surface area contributed by atoms with Gasteiger partial charge in [0.05, 0.1) is 16.8 Å². The van der Waals surface area contributed by atoms with Gasteiger partial charge in [0, 0.05) is 24.9 Å². The Labute approximate surface area is 185 Å². The Bertz CT molecular complexity index is 988.